The van der Waals surface area contributed by atoms with Crippen LogP contribution in [0.25, 0.3) is 0 Å². The minimum atomic E-state index is -2.51. The van der Waals surface area contributed by atoms with Crippen LogP contribution in [0.15, 0.2) is 16.3 Å². The van der Waals surface area contributed by atoms with Crippen LogP contribution in [-0.4, -0.2) is 23.7 Å². The third kappa shape index (κ3) is 4.38. The molecular formula is C15H21ClF2N2OS2. The number of halogens is 3. The molecule has 8 heteroatoms. The number of thioether (sulfide) groups is 1. The standard InChI is InChI=1S/C15H20F2N2OS2.ClH/c16-15(17)22-11-4-5-21-13(11)14(20)19-12-8-2-1-3-9(12)7-10(18)6-8;/h4-5,8-10,12,15H,1-3,6-7,18H2,(H,19,20);1H. The molecule has 23 heavy (non-hydrogen) atoms. The van der Waals surface area contributed by atoms with Crippen LogP contribution in [-0.2, 0) is 0 Å². The van der Waals surface area contributed by atoms with Crippen molar-refractivity contribution in [3.05, 3.63) is 16.3 Å². The number of nitrogens with two attached hydrogens (primary N) is 1. The minimum absolute atomic E-state index is 0. The normalized spacial score (nSPS) is 29.9. The Bertz CT molecular complexity index is 529. The zero-order valence-corrected chi connectivity index (χ0v) is 15.0. The molecule has 0 aliphatic heterocycles. The van der Waals surface area contributed by atoms with Crippen LogP contribution in [0.1, 0.15) is 41.8 Å². The van der Waals surface area contributed by atoms with E-state index in [1.807, 2.05) is 0 Å². The van der Waals surface area contributed by atoms with Crippen molar-refractivity contribution >= 4 is 41.4 Å². The smallest absolute Gasteiger partial charge is 0.288 e. The Balaban J connectivity index is 0.00000192. The number of hydrogen-bond donors (Lipinski definition) is 2. The summed E-state index contributed by atoms with van der Waals surface area (Å²) in [6.07, 6.45) is 5.28. The van der Waals surface area contributed by atoms with Gasteiger partial charge in [-0.05, 0) is 49.0 Å². The predicted octanol–water partition coefficient (Wildman–Crippen LogP) is 4.12. The lowest BCUT2D eigenvalue weighted by Gasteiger charge is -2.45. The van der Waals surface area contributed by atoms with Gasteiger partial charge in [0.2, 0.25) is 0 Å². The van der Waals surface area contributed by atoms with Gasteiger partial charge < -0.3 is 11.1 Å². The van der Waals surface area contributed by atoms with Crippen LogP contribution in [0.4, 0.5) is 8.78 Å². The summed E-state index contributed by atoms with van der Waals surface area (Å²) in [6.45, 7) is 0. The van der Waals surface area contributed by atoms with Crippen molar-refractivity contribution in [3.63, 3.8) is 0 Å². The first-order chi connectivity index (χ1) is 10.5. The summed E-state index contributed by atoms with van der Waals surface area (Å²) in [4.78, 5) is 13.3. The van der Waals surface area contributed by atoms with Crippen LogP contribution in [0.2, 0.25) is 0 Å². The van der Waals surface area contributed by atoms with E-state index in [9.17, 15) is 13.6 Å². The second kappa shape index (κ2) is 8.14. The first-order valence-corrected chi connectivity index (χ1v) is 9.39. The van der Waals surface area contributed by atoms with Gasteiger partial charge in [-0.2, -0.15) is 8.78 Å². The summed E-state index contributed by atoms with van der Waals surface area (Å²) in [5.74, 6) is -1.86. The number of carbonyl (C=O) groups is 1. The zero-order valence-electron chi connectivity index (χ0n) is 12.5. The van der Waals surface area contributed by atoms with Gasteiger partial charge in [-0.25, -0.2) is 0 Å². The van der Waals surface area contributed by atoms with Crippen molar-refractivity contribution in [1.29, 1.82) is 0 Å². The number of fused-ring (bicyclic) bond motifs is 2. The van der Waals surface area contributed by atoms with Crippen molar-refractivity contribution < 1.29 is 13.6 Å². The molecule has 0 saturated heterocycles. The fourth-order valence-corrected chi connectivity index (χ4v) is 5.50. The Morgan fingerprint density at radius 1 is 1.35 bits per heavy atom. The van der Waals surface area contributed by atoms with E-state index in [1.54, 1.807) is 11.4 Å². The van der Waals surface area contributed by atoms with Crippen LogP contribution in [0.5, 0.6) is 0 Å². The van der Waals surface area contributed by atoms with E-state index in [4.69, 9.17) is 5.73 Å². The Morgan fingerprint density at radius 3 is 2.61 bits per heavy atom. The lowest BCUT2D eigenvalue weighted by Crippen LogP contribution is -2.53. The van der Waals surface area contributed by atoms with Gasteiger partial charge >= 0.3 is 0 Å². The van der Waals surface area contributed by atoms with Crippen molar-refractivity contribution in [1.82, 2.24) is 5.32 Å². The van der Waals surface area contributed by atoms with Crippen LogP contribution >= 0.6 is 35.5 Å². The number of thiophene rings is 1. The molecule has 0 aromatic carbocycles. The molecule has 0 radical (unpaired) electrons. The monoisotopic (exact) mass is 382 g/mol. The second-order valence-corrected chi connectivity index (χ2v) is 8.12. The average molecular weight is 383 g/mol. The highest BCUT2D eigenvalue weighted by Crippen LogP contribution is 2.40. The molecule has 2 atom stereocenters. The van der Waals surface area contributed by atoms with E-state index >= 15 is 0 Å². The molecule has 3 rings (SSSR count). The molecule has 2 aliphatic carbocycles. The Morgan fingerprint density at radius 2 is 2.00 bits per heavy atom. The fraction of sp³-hybridized carbons (Fsp3) is 0.667. The van der Waals surface area contributed by atoms with Crippen molar-refractivity contribution in [2.75, 3.05) is 0 Å². The third-order valence-corrected chi connectivity index (χ3v) is 6.54. The van der Waals surface area contributed by atoms with Gasteiger partial charge in [-0.3, -0.25) is 4.79 Å². The topological polar surface area (TPSA) is 55.1 Å². The van der Waals surface area contributed by atoms with Crippen molar-refractivity contribution in [2.24, 2.45) is 17.6 Å². The third-order valence-electron chi connectivity index (χ3n) is 4.73. The highest BCUT2D eigenvalue weighted by Gasteiger charge is 2.40. The van der Waals surface area contributed by atoms with E-state index in [2.05, 4.69) is 5.32 Å². The van der Waals surface area contributed by atoms with Crippen LogP contribution in [0, 0.1) is 11.8 Å². The first kappa shape index (κ1) is 19.0. The average Bonchev–Trinajstić information content (AvgIpc) is 2.87. The molecule has 3 N–H and O–H groups in total. The van der Waals surface area contributed by atoms with Crippen molar-refractivity contribution in [3.8, 4) is 0 Å². The molecule has 1 aromatic rings. The maximum atomic E-state index is 12.6. The Hall–Kier alpha value is -0.370. The van der Waals surface area contributed by atoms with E-state index in [0.29, 0.717) is 33.4 Å². The van der Waals surface area contributed by atoms with Gasteiger partial charge in [0.25, 0.3) is 11.7 Å². The maximum absolute atomic E-state index is 12.6. The van der Waals surface area contributed by atoms with Gasteiger partial charge in [0.05, 0.1) is 0 Å². The van der Waals surface area contributed by atoms with Crippen LogP contribution in [0.3, 0.4) is 0 Å². The lowest BCUT2D eigenvalue weighted by molar-refractivity contribution is 0.0757. The molecule has 1 amide bonds. The molecule has 130 valence electrons. The van der Waals surface area contributed by atoms with Crippen molar-refractivity contribution in [2.45, 2.75) is 54.8 Å². The van der Waals surface area contributed by atoms with E-state index < -0.39 is 5.76 Å². The van der Waals surface area contributed by atoms with E-state index in [-0.39, 0.29) is 30.4 Å². The number of hydrogen-bond acceptors (Lipinski definition) is 4. The highest BCUT2D eigenvalue weighted by atomic mass is 35.5. The summed E-state index contributed by atoms with van der Waals surface area (Å²) in [6, 6.07) is 1.97. The molecule has 2 saturated carbocycles. The zero-order chi connectivity index (χ0) is 15.7. The first-order valence-electron chi connectivity index (χ1n) is 7.63. The largest absolute Gasteiger partial charge is 0.348 e. The lowest BCUT2D eigenvalue weighted by atomic mass is 9.67. The van der Waals surface area contributed by atoms with E-state index in [0.717, 1.165) is 25.7 Å². The van der Waals surface area contributed by atoms with Gasteiger partial charge in [-0.1, -0.05) is 18.2 Å². The predicted molar refractivity (Wildman–Crippen MR) is 92.7 cm³/mol. The fourth-order valence-electron chi connectivity index (χ4n) is 3.89. The molecule has 0 spiro atoms. The van der Waals surface area contributed by atoms with Gasteiger partial charge in [-0.15, -0.1) is 23.7 Å². The number of carbonyl (C=O) groups excluding carboxylic acids is 1. The summed E-state index contributed by atoms with van der Waals surface area (Å²) in [5, 5.41) is 4.81. The maximum Gasteiger partial charge on any atom is 0.288 e. The molecule has 2 unspecified atom stereocenters. The van der Waals surface area contributed by atoms with Crippen LogP contribution < -0.4 is 11.1 Å². The number of alkyl halides is 2. The molecule has 1 aromatic heterocycles. The van der Waals surface area contributed by atoms with Gasteiger partial charge in [0.15, 0.2) is 0 Å². The quantitative estimate of drug-likeness (QED) is 0.770. The summed E-state index contributed by atoms with van der Waals surface area (Å²) < 4.78 is 25.1. The van der Waals surface area contributed by atoms with E-state index in [1.165, 1.54) is 17.8 Å². The molecule has 1 heterocycles. The second-order valence-electron chi connectivity index (χ2n) is 6.17. The summed E-state index contributed by atoms with van der Waals surface area (Å²) >= 11 is 1.67. The van der Waals surface area contributed by atoms with Gasteiger partial charge in [0.1, 0.15) is 4.88 Å². The Labute approximate surface area is 149 Å². The molecular weight excluding hydrogens is 362 g/mol. The molecule has 3 nitrogen and oxygen atoms in total. The van der Waals surface area contributed by atoms with Gasteiger partial charge in [0, 0.05) is 17.0 Å². The summed E-state index contributed by atoms with van der Waals surface area (Å²) in [7, 11) is 0. The molecule has 2 fully saturated rings. The minimum Gasteiger partial charge on any atom is -0.348 e. The molecule has 2 bridgehead atoms. The summed E-state index contributed by atoms with van der Waals surface area (Å²) in [5.41, 5.74) is 6.09. The number of nitrogens with one attached hydrogen (secondary N) is 1. The number of amides is 1. The number of rotatable bonds is 4. The highest BCUT2D eigenvalue weighted by molar-refractivity contribution is 7.99. The Kier molecular flexibility index (Phi) is 6.71. The SMILES string of the molecule is Cl.NC1CC2CCCC(C1)C2NC(=O)c1sccc1SC(F)F. The molecule has 2 aliphatic rings.